The van der Waals surface area contributed by atoms with Gasteiger partial charge in [0.05, 0.1) is 12.8 Å². The summed E-state index contributed by atoms with van der Waals surface area (Å²) >= 11 is 0. The van der Waals surface area contributed by atoms with E-state index in [0.29, 0.717) is 12.1 Å². The summed E-state index contributed by atoms with van der Waals surface area (Å²) in [6.07, 6.45) is 0.462. The summed E-state index contributed by atoms with van der Waals surface area (Å²) in [5.41, 5.74) is 2.59. The summed E-state index contributed by atoms with van der Waals surface area (Å²) in [6, 6.07) is 17.6. The van der Waals surface area contributed by atoms with Crippen molar-refractivity contribution in [2.75, 3.05) is 13.7 Å². The lowest BCUT2D eigenvalue weighted by molar-refractivity contribution is 0.379. The molecule has 0 saturated heterocycles. The van der Waals surface area contributed by atoms with E-state index in [1.54, 1.807) is 7.11 Å². The highest BCUT2D eigenvalue weighted by atomic mass is 32.2. The van der Waals surface area contributed by atoms with Gasteiger partial charge >= 0.3 is 10.3 Å². The molecule has 0 bridgehead atoms. The van der Waals surface area contributed by atoms with Crippen molar-refractivity contribution in [1.29, 1.82) is 0 Å². The first-order chi connectivity index (χ1) is 11.1. The molecule has 0 radical (unpaired) electrons. The maximum Gasteiger partial charge on any atom is 0.381 e. The molecule has 2 aromatic carbocycles. The minimum Gasteiger partial charge on any atom is -0.496 e. The molecule has 23 heavy (non-hydrogen) atoms. The number of ether oxygens (including phenoxy) is 1. The number of hydrogen-bond acceptors (Lipinski definition) is 4. The molecule has 1 heterocycles. The average Bonchev–Trinajstić information content (AvgIpc) is 2.92. The van der Waals surface area contributed by atoms with Crippen molar-refractivity contribution in [2.45, 2.75) is 12.3 Å². The standard InChI is InChI=1S/C17H17NO4S/c1-21-17-10-6-5-9-15(17)16(13-7-3-2-4-8-13)11-14-12-22-23(19,20)18-14/h2-10,16H,11-12H2,1H3/t16-/m1/s1. The van der Waals surface area contributed by atoms with Crippen LogP contribution in [0, 0.1) is 0 Å². The van der Waals surface area contributed by atoms with Crippen molar-refractivity contribution < 1.29 is 17.3 Å². The van der Waals surface area contributed by atoms with Crippen LogP contribution in [0.4, 0.5) is 0 Å². The number of methoxy groups -OCH3 is 1. The summed E-state index contributed by atoms with van der Waals surface area (Å²) in [5, 5.41) is 0. The second-order valence-electron chi connectivity index (χ2n) is 5.26. The van der Waals surface area contributed by atoms with E-state index >= 15 is 0 Å². The van der Waals surface area contributed by atoms with E-state index in [1.165, 1.54) is 0 Å². The third-order valence-corrected chi connectivity index (χ3v) is 4.67. The molecule has 0 aromatic heterocycles. The third-order valence-electron chi connectivity index (χ3n) is 3.77. The molecule has 0 fully saturated rings. The first kappa shape index (κ1) is 15.7. The molecule has 0 spiro atoms. The molecule has 6 heteroatoms. The van der Waals surface area contributed by atoms with Crippen molar-refractivity contribution in [3.63, 3.8) is 0 Å². The Kier molecular flexibility index (Phi) is 4.45. The van der Waals surface area contributed by atoms with Gasteiger partial charge in [-0.15, -0.1) is 4.40 Å². The molecule has 0 saturated carbocycles. The highest BCUT2D eigenvalue weighted by molar-refractivity contribution is 7.85. The van der Waals surface area contributed by atoms with E-state index in [4.69, 9.17) is 8.92 Å². The van der Waals surface area contributed by atoms with Gasteiger partial charge in [0.1, 0.15) is 12.4 Å². The molecule has 0 aliphatic carbocycles. The Morgan fingerprint density at radius 2 is 1.83 bits per heavy atom. The average molecular weight is 331 g/mol. The first-order valence-corrected chi connectivity index (χ1v) is 8.60. The number of nitrogens with zero attached hydrogens (tertiary/aromatic N) is 1. The van der Waals surface area contributed by atoms with Gasteiger partial charge in [0.25, 0.3) is 0 Å². The summed E-state index contributed by atoms with van der Waals surface area (Å²) in [6.45, 7) is 0.0147. The van der Waals surface area contributed by atoms with Crippen molar-refractivity contribution in [2.24, 2.45) is 4.40 Å². The Hall–Kier alpha value is -2.18. The van der Waals surface area contributed by atoms with Gasteiger partial charge < -0.3 is 4.74 Å². The van der Waals surface area contributed by atoms with Crippen LogP contribution in [-0.2, 0) is 14.5 Å². The third kappa shape index (κ3) is 3.60. The second kappa shape index (κ2) is 6.52. The van der Waals surface area contributed by atoms with Gasteiger partial charge in [-0.05, 0) is 11.6 Å². The molecule has 2 aromatic rings. The molecule has 1 atom stereocenters. The highest BCUT2D eigenvalue weighted by Crippen LogP contribution is 2.35. The van der Waals surface area contributed by atoms with Gasteiger partial charge in [0, 0.05) is 17.9 Å². The zero-order chi connectivity index (χ0) is 16.3. The summed E-state index contributed by atoms with van der Waals surface area (Å²) in [7, 11) is -2.14. The predicted octanol–water partition coefficient (Wildman–Crippen LogP) is 2.93. The van der Waals surface area contributed by atoms with Crippen molar-refractivity contribution in [3.8, 4) is 5.75 Å². The van der Waals surface area contributed by atoms with Gasteiger partial charge in [-0.3, -0.25) is 0 Å². The fraction of sp³-hybridized carbons (Fsp3) is 0.235. The smallest absolute Gasteiger partial charge is 0.381 e. The lowest BCUT2D eigenvalue weighted by atomic mass is 9.86. The van der Waals surface area contributed by atoms with Crippen LogP contribution in [0.25, 0.3) is 0 Å². The SMILES string of the molecule is COc1ccccc1[C@H](CC1=NS(=O)(=O)OC1)c1ccccc1. The van der Waals surface area contributed by atoms with Gasteiger partial charge in [-0.25, -0.2) is 4.18 Å². The Balaban J connectivity index is 2.01. The minimum absolute atomic E-state index is 0.0147. The van der Waals surface area contributed by atoms with Gasteiger partial charge in [-0.1, -0.05) is 48.5 Å². The molecule has 0 unspecified atom stereocenters. The number of rotatable bonds is 5. The van der Waals surface area contributed by atoms with E-state index in [0.717, 1.165) is 16.9 Å². The molecule has 1 aliphatic heterocycles. The van der Waals surface area contributed by atoms with Crippen molar-refractivity contribution in [1.82, 2.24) is 0 Å². The van der Waals surface area contributed by atoms with Crippen LogP contribution in [-0.4, -0.2) is 27.8 Å². The largest absolute Gasteiger partial charge is 0.496 e. The molecule has 120 valence electrons. The Morgan fingerprint density at radius 1 is 1.13 bits per heavy atom. The Morgan fingerprint density at radius 3 is 2.48 bits per heavy atom. The van der Waals surface area contributed by atoms with E-state index < -0.39 is 10.3 Å². The molecule has 3 rings (SSSR count). The van der Waals surface area contributed by atoms with Crippen LogP contribution in [0.1, 0.15) is 23.5 Å². The lowest BCUT2D eigenvalue weighted by Crippen LogP contribution is -2.11. The summed E-state index contributed by atoms with van der Waals surface area (Å²) in [4.78, 5) is 0. The molecule has 0 amide bonds. The van der Waals surface area contributed by atoms with Gasteiger partial charge in [0.2, 0.25) is 0 Å². The fourth-order valence-corrected chi connectivity index (χ4v) is 3.51. The summed E-state index contributed by atoms with van der Waals surface area (Å²) in [5.74, 6) is 0.715. The zero-order valence-corrected chi connectivity index (χ0v) is 13.5. The van der Waals surface area contributed by atoms with Crippen LogP contribution in [0.3, 0.4) is 0 Å². The van der Waals surface area contributed by atoms with E-state index in [1.807, 2.05) is 54.6 Å². The quantitative estimate of drug-likeness (QED) is 0.845. The maximum absolute atomic E-state index is 11.4. The molecule has 5 nitrogen and oxygen atoms in total. The van der Waals surface area contributed by atoms with Crippen molar-refractivity contribution >= 4 is 16.0 Å². The van der Waals surface area contributed by atoms with Crippen LogP contribution in [0.15, 0.2) is 59.0 Å². The van der Waals surface area contributed by atoms with Gasteiger partial charge in [-0.2, -0.15) is 8.42 Å². The Labute approximate surface area is 135 Å². The maximum atomic E-state index is 11.4. The highest BCUT2D eigenvalue weighted by Gasteiger charge is 2.26. The number of hydrogen-bond donors (Lipinski definition) is 0. The van der Waals surface area contributed by atoms with Gasteiger partial charge in [0.15, 0.2) is 0 Å². The summed E-state index contributed by atoms with van der Waals surface area (Å²) < 4.78 is 36.6. The van der Waals surface area contributed by atoms with E-state index in [9.17, 15) is 8.42 Å². The minimum atomic E-state index is -3.76. The Bertz CT molecular complexity index is 815. The zero-order valence-electron chi connectivity index (χ0n) is 12.7. The fourth-order valence-electron chi connectivity index (χ4n) is 2.73. The lowest BCUT2D eigenvalue weighted by Gasteiger charge is -2.20. The monoisotopic (exact) mass is 331 g/mol. The van der Waals surface area contributed by atoms with Crippen molar-refractivity contribution in [3.05, 3.63) is 65.7 Å². The van der Waals surface area contributed by atoms with Crippen LogP contribution < -0.4 is 4.74 Å². The topological polar surface area (TPSA) is 65.0 Å². The molecule has 0 N–H and O–H groups in total. The normalized spacial score (nSPS) is 17.5. The predicted molar refractivity (Wildman–Crippen MR) is 88.2 cm³/mol. The molecule has 1 aliphatic rings. The van der Waals surface area contributed by atoms with Crippen LogP contribution in [0.5, 0.6) is 5.75 Å². The molecular weight excluding hydrogens is 314 g/mol. The van der Waals surface area contributed by atoms with E-state index in [-0.39, 0.29) is 12.5 Å². The number of benzene rings is 2. The van der Waals surface area contributed by atoms with E-state index in [2.05, 4.69) is 4.40 Å². The number of para-hydroxylation sites is 1. The van der Waals surface area contributed by atoms with Crippen LogP contribution in [0.2, 0.25) is 0 Å². The molecular formula is C17H17NO4S. The first-order valence-electron chi connectivity index (χ1n) is 7.24. The van der Waals surface area contributed by atoms with Crippen LogP contribution >= 0.6 is 0 Å². The second-order valence-corrected chi connectivity index (χ2v) is 6.53.